The van der Waals surface area contributed by atoms with Crippen molar-refractivity contribution in [3.05, 3.63) is 93.5 Å². The van der Waals surface area contributed by atoms with Crippen molar-refractivity contribution in [3.8, 4) is 0 Å². The molecular formula is C24H25ClFN3O3S2. The number of anilines is 1. The van der Waals surface area contributed by atoms with Gasteiger partial charge in [-0.2, -0.15) is 0 Å². The van der Waals surface area contributed by atoms with Crippen LogP contribution in [0.4, 0.5) is 9.52 Å². The van der Waals surface area contributed by atoms with Gasteiger partial charge in [0, 0.05) is 16.4 Å². The van der Waals surface area contributed by atoms with Crippen LogP contribution >= 0.6 is 22.9 Å². The van der Waals surface area contributed by atoms with Crippen LogP contribution in [0.1, 0.15) is 33.4 Å². The second-order valence-electron chi connectivity index (χ2n) is 8.03. The van der Waals surface area contributed by atoms with Crippen LogP contribution in [0.5, 0.6) is 0 Å². The van der Waals surface area contributed by atoms with Gasteiger partial charge in [0.2, 0.25) is 10.0 Å². The van der Waals surface area contributed by atoms with Gasteiger partial charge in [-0.15, -0.1) is 11.3 Å². The first-order valence-corrected chi connectivity index (χ1v) is 13.4. The van der Waals surface area contributed by atoms with Gasteiger partial charge < -0.3 is 4.90 Å². The molecule has 0 aliphatic rings. The van der Waals surface area contributed by atoms with E-state index in [1.165, 1.54) is 11.3 Å². The lowest BCUT2D eigenvalue weighted by molar-refractivity contribution is 0.0977. The van der Waals surface area contributed by atoms with Crippen LogP contribution in [-0.4, -0.2) is 32.1 Å². The van der Waals surface area contributed by atoms with Crippen LogP contribution in [0.15, 0.2) is 66.7 Å². The number of hydrogen-bond acceptors (Lipinski definition) is 6. The number of aromatic nitrogens is 1. The molecule has 1 heterocycles. The summed E-state index contributed by atoms with van der Waals surface area (Å²) < 4.78 is 41.5. The van der Waals surface area contributed by atoms with Gasteiger partial charge in [0.15, 0.2) is 10.8 Å². The number of carbonyl (C=O) groups is 1. The molecule has 0 saturated carbocycles. The van der Waals surface area contributed by atoms with Crippen LogP contribution in [0.3, 0.4) is 0 Å². The quantitative estimate of drug-likeness (QED) is 0.389. The number of hydrogen-bond donors (Lipinski definition) is 1. The summed E-state index contributed by atoms with van der Waals surface area (Å²) in [4.78, 5) is 19.1. The highest BCUT2D eigenvalue weighted by Crippen LogP contribution is 2.38. The maximum atomic E-state index is 16.5. The average molecular weight is 522 g/mol. The number of amides is 1. The lowest BCUT2D eigenvalue weighted by Crippen LogP contribution is -2.38. The molecule has 1 amide bonds. The molecule has 10 heteroatoms. The molecule has 2 aromatic carbocycles. The summed E-state index contributed by atoms with van der Waals surface area (Å²) in [6.07, 6.45) is 0.894. The summed E-state index contributed by atoms with van der Waals surface area (Å²) in [7, 11) is -3.76. The fourth-order valence-corrected chi connectivity index (χ4v) is 4.85. The summed E-state index contributed by atoms with van der Waals surface area (Å²) in [5.74, 6) is -0.828. The SMILES string of the molecule is C=C(C)C(F)(CN(Cc1ccccc1)c1nc(C(=O)NS(C)(=O)=O)c(C)s1)c1ccc(Cl)cc1. The largest absolute Gasteiger partial charge is 0.340 e. The Morgan fingerprint density at radius 2 is 1.82 bits per heavy atom. The molecule has 34 heavy (non-hydrogen) atoms. The molecule has 0 fully saturated rings. The first kappa shape index (κ1) is 25.9. The Kier molecular flexibility index (Phi) is 7.80. The van der Waals surface area contributed by atoms with E-state index in [2.05, 4.69) is 11.6 Å². The second-order valence-corrected chi connectivity index (χ2v) is 11.4. The maximum absolute atomic E-state index is 16.5. The molecule has 0 aliphatic heterocycles. The fraction of sp³-hybridized carbons (Fsp3) is 0.250. The number of benzene rings is 2. The molecule has 1 atom stereocenters. The molecule has 0 saturated heterocycles. The normalized spacial score (nSPS) is 13.2. The summed E-state index contributed by atoms with van der Waals surface area (Å²) in [5, 5.41) is 0.878. The summed E-state index contributed by atoms with van der Waals surface area (Å²) >= 11 is 7.19. The van der Waals surface area contributed by atoms with Gasteiger partial charge in [-0.05, 0) is 42.7 Å². The Labute approximate surface area is 208 Å². The van der Waals surface area contributed by atoms with E-state index in [0.717, 1.165) is 11.8 Å². The van der Waals surface area contributed by atoms with Crippen LogP contribution < -0.4 is 9.62 Å². The van der Waals surface area contributed by atoms with Crippen molar-refractivity contribution >= 4 is 44.0 Å². The molecule has 0 bridgehead atoms. The highest BCUT2D eigenvalue weighted by Gasteiger charge is 2.37. The number of aryl methyl sites for hydroxylation is 1. The Balaban J connectivity index is 2.04. The third kappa shape index (κ3) is 6.22. The number of rotatable bonds is 9. The zero-order valence-corrected chi connectivity index (χ0v) is 21.4. The first-order valence-electron chi connectivity index (χ1n) is 10.3. The predicted octanol–water partition coefficient (Wildman–Crippen LogP) is 5.24. The Morgan fingerprint density at radius 3 is 2.38 bits per heavy atom. The maximum Gasteiger partial charge on any atom is 0.284 e. The zero-order valence-electron chi connectivity index (χ0n) is 19.0. The minimum atomic E-state index is -3.76. The molecular weight excluding hydrogens is 497 g/mol. The van der Waals surface area contributed by atoms with Crippen LogP contribution in [-0.2, 0) is 22.2 Å². The van der Waals surface area contributed by atoms with Crippen LogP contribution in [0, 0.1) is 6.92 Å². The molecule has 0 aliphatic carbocycles. The van der Waals surface area contributed by atoms with E-state index in [1.807, 2.05) is 35.1 Å². The monoisotopic (exact) mass is 521 g/mol. The smallest absolute Gasteiger partial charge is 0.284 e. The van der Waals surface area contributed by atoms with Crippen molar-refractivity contribution < 1.29 is 17.6 Å². The topological polar surface area (TPSA) is 79.4 Å². The number of halogens is 2. The minimum absolute atomic E-state index is 0.0187. The van der Waals surface area contributed by atoms with Gasteiger partial charge in [-0.1, -0.05) is 60.6 Å². The number of alkyl halides is 1. The van der Waals surface area contributed by atoms with Crippen molar-refractivity contribution in [2.75, 3.05) is 17.7 Å². The van der Waals surface area contributed by atoms with E-state index in [1.54, 1.807) is 43.0 Å². The van der Waals surface area contributed by atoms with Gasteiger partial charge >= 0.3 is 0 Å². The summed E-state index contributed by atoms with van der Waals surface area (Å²) in [6, 6.07) is 16.0. The summed E-state index contributed by atoms with van der Waals surface area (Å²) in [6.45, 7) is 7.36. The molecule has 1 unspecified atom stereocenters. The number of nitrogens with one attached hydrogen (secondary N) is 1. The highest BCUT2D eigenvalue weighted by molar-refractivity contribution is 7.89. The Bertz CT molecular complexity index is 1290. The van der Waals surface area contributed by atoms with E-state index in [9.17, 15) is 13.2 Å². The van der Waals surface area contributed by atoms with E-state index in [4.69, 9.17) is 11.6 Å². The first-order chi connectivity index (χ1) is 15.9. The van der Waals surface area contributed by atoms with Gasteiger partial charge in [0.25, 0.3) is 5.91 Å². The van der Waals surface area contributed by atoms with E-state index < -0.39 is 21.6 Å². The van der Waals surface area contributed by atoms with Crippen molar-refractivity contribution in [1.82, 2.24) is 9.71 Å². The third-order valence-electron chi connectivity index (χ3n) is 5.15. The molecule has 0 radical (unpaired) electrons. The average Bonchev–Trinajstić information content (AvgIpc) is 3.15. The van der Waals surface area contributed by atoms with Crippen LogP contribution in [0.25, 0.3) is 0 Å². The van der Waals surface area contributed by atoms with Crippen molar-refractivity contribution in [1.29, 1.82) is 0 Å². The highest BCUT2D eigenvalue weighted by atomic mass is 35.5. The summed E-state index contributed by atoms with van der Waals surface area (Å²) in [5.41, 5.74) is -0.344. The molecule has 0 spiro atoms. The van der Waals surface area contributed by atoms with Crippen molar-refractivity contribution in [2.24, 2.45) is 0 Å². The molecule has 3 rings (SSSR count). The molecule has 3 aromatic rings. The molecule has 1 N–H and O–H groups in total. The minimum Gasteiger partial charge on any atom is -0.340 e. The van der Waals surface area contributed by atoms with E-state index in [-0.39, 0.29) is 12.2 Å². The molecule has 180 valence electrons. The van der Waals surface area contributed by atoms with Gasteiger partial charge in [-0.25, -0.2) is 22.5 Å². The van der Waals surface area contributed by atoms with Gasteiger partial charge in [0.05, 0.1) is 12.8 Å². The van der Waals surface area contributed by atoms with Gasteiger partial charge in [-0.3, -0.25) is 4.79 Å². The number of nitrogens with zero attached hydrogens (tertiary/aromatic N) is 2. The number of carbonyl (C=O) groups excluding carboxylic acids is 1. The van der Waals surface area contributed by atoms with Crippen LogP contribution in [0.2, 0.25) is 5.02 Å². The molecule has 6 nitrogen and oxygen atoms in total. The van der Waals surface area contributed by atoms with E-state index >= 15 is 4.39 Å². The van der Waals surface area contributed by atoms with Crippen molar-refractivity contribution in [2.45, 2.75) is 26.1 Å². The zero-order chi connectivity index (χ0) is 25.1. The predicted molar refractivity (Wildman–Crippen MR) is 136 cm³/mol. The lowest BCUT2D eigenvalue weighted by atomic mass is 9.89. The van der Waals surface area contributed by atoms with Gasteiger partial charge in [0.1, 0.15) is 5.69 Å². The standard InChI is InChI=1S/C24H25ClFN3O3S2/c1-16(2)24(26,19-10-12-20(25)13-11-19)15-29(14-18-8-6-5-7-9-18)23-27-21(17(3)33-23)22(30)28-34(4,31)32/h5-13H,1,14-15H2,2-4H3,(H,28,30). The van der Waals surface area contributed by atoms with Crippen molar-refractivity contribution in [3.63, 3.8) is 0 Å². The Morgan fingerprint density at radius 1 is 1.21 bits per heavy atom. The Hall–Kier alpha value is -2.75. The third-order valence-corrected chi connectivity index (χ3v) is 6.99. The number of sulfonamides is 1. The number of thiazole rings is 1. The lowest BCUT2D eigenvalue weighted by Gasteiger charge is -2.33. The second kappa shape index (κ2) is 10.2. The van der Waals surface area contributed by atoms with E-state index in [0.29, 0.717) is 32.7 Å². The fourth-order valence-electron chi connectivity index (χ4n) is 3.39. The molecule has 1 aromatic heterocycles.